The lowest BCUT2D eigenvalue weighted by atomic mass is 10.1. The lowest BCUT2D eigenvalue weighted by molar-refractivity contribution is -0.530. The zero-order valence-electron chi connectivity index (χ0n) is 14.2. The molecule has 0 atom stereocenters. The molecule has 23 heavy (non-hydrogen) atoms. The van der Waals surface area contributed by atoms with Gasteiger partial charge in [0.15, 0.2) is 11.8 Å². The van der Waals surface area contributed by atoms with Crippen molar-refractivity contribution in [2.75, 3.05) is 33.2 Å². The van der Waals surface area contributed by atoms with Crippen LogP contribution in [-0.2, 0) is 10.0 Å². The van der Waals surface area contributed by atoms with Crippen LogP contribution in [0.15, 0.2) is 29.2 Å². The predicted molar refractivity (Wildman–Crippen MR) is 91.2 cm³/mol. The summed E-state index contributed by atoms with van der Waals surface area (Å²) in [5.41, 5.74) is -0.193. The van der Waals surface area contributed by atoms with Crippen LogP contribution in [0.4, 0.5) is 0 Å². The van der Waals surface area contributed by atoms with E-state index in [0.29, 0.717) is 31.7 Å². The summed E-state index contributed by atoms with van der Waals surface area (Å²) in [6, 6.07) is 6.66. The van der Waals surface area contributed by atoms with Crippen molar-refractivity contribution >= 4 is 16.2 Å². The number of hydroxylamine groups is 1. The average molecular weight is 339 g/mol. The summed E-state index contributed by atoms with van der Waals surface area (Å²) in [7, 11) is -1.62. The number of nitrogens with zero attached hydrogens (tertiary/aromatic N) is 3. The van der Waals surface area contributed by atoms with E-state index in [2.05, 4.69) is 4.90 Å². The first-order valence-electron chi connectivity index (χ1n) is 7.71. The van der Waals surface area contributed by atoms with E-state index in [1.54, 1.807) is 45.0 Å². The van der Waals surface area contributed by atoms with Gasteiger partial charge >= 0.3 is 0 Å². The van der Waals surface area contributed by atoms with Gasteiger partial charge in [0.25, 0.3) is 0 Å². The van der Waals surface area contributed by atoms with Gasteiger partial charge in [-0.3, -0.25) is 0 Å². The molecule has 1 aliphatic heterocycles. The molecule has 0 aliphatic carbocycles. The van der Waals surface area contributed by atoms with Gasteiger partial charge in [-0.15, -0.1) is 0 Å². The molecule has 0 bridgehead atoms. The Hall–Kier alpha value is -1.44. The third kappa shape index (κ3) is 4.10. The Morgan fingerprint density at radius 2 is 1.70 bits per heavy atom. The van der Waals surface area contributed by atoms with E-state index in [1.165, 1.54) is 10.5 Å². The van der Waals surface area contributed by atoms with Crippen molar-refractivity contribution in [3.05, 3.63) is 35.0 Å². The maximum atomic E-state index is 12.9. The topological polar surface area (TPSA) is 66.7 Å². The summed E-state index contributed by atoms with van der Waals surface area (Å²) in [5, 5.41) is 12.2. The Labute approximate surface area is 138 Å². The van der Waals surface area contributed by atoms with E-state index in [0.717, 1.165) is 4.74 Å². The number of hydrogen-bond acceptors (Lipinski definition) is 4. The number of likely N-dealkylation sites (N-methyl/N-ethyl adjacent to an activating group) is 1. The van der Waals surface area contributed by atoms with Gasteiger partial charge in [-0.25, -0.2) is 13.2 Å². The highest BCUT2D eigenvalue weighted by Crippen LogP contribution is 2.21. The minimum Gasteiger partial charge on any atom is -0.623 e. The molecule has 1 heterocycles. The van der Waals surface area contributed by atoms with E-state index < -0.39 is 15.6 Å². The Morgan fingerprint density at radius 1 is 1.13 bits per heavy atom. The fraction of sp³-hybridized carbons (Fsp3) is 0.562. The first-order valence-corrected chi connectivity index (χ1v) is 9.15. The fourth-order valence-electron chi connectivity index (χ4n) is 2.31. The monoisotopic (exact) mass is 339 g/mol. The molecule has 6 nitrogen and oxygen atoms in total. The molecule has 0 spiro atoms. The van der Waals surface area contributed by atoms with Gasteiger partial charge < -0.3 is 10.1 Å². The molecule has 1 aromatic rings. The first-order chi connectivity index (χ1) is 10.6. The van der Waals surface area contributed by atoms with Crippen LogP contribution in [0.2, 0.25) is 0 Å². The van der Waals surface area contributed by atoms with Crippen molar-refractivity contribution in [3.8, 4) is 0 Å². The van der Waals surface area contributed by atoms with Crippen molar-refractivity contribution in [2.45, 2.75) is 31.2 Å². The molecular weight excluding hydrogens is 314 g/mol. The zero-order valence-corrected chi connectivity index (χ0v) is 15.0. The lowest BCUT2D eigenvalue weighted by Crippen LogP contribution is -2.47. The molecule has 0 amide bonds. The first kappa shape index (κ1) is 17.9. The van der Waals surface area contributed by atoms with Crippen LogP contribution in [0.25, 0.3) is 0 Å². The molecule has 2 rings (SSSR count). The van der Waals surface area contributed by atoms with Gasteiger partial charge in [-0.1, -0.05) is 12.1 Å². The second kappa shape index (κ2) is 6.59. The van der Waals surface area contributed by atoms with Crippen LogP contribution in [-0.4, -0.2) is 67.3 Å². The third-order valence-electron chi connectivity index (χ3n) is 3.92. The van der Waals surface area contributed by atoms with E-state index >= 15 is 0 Å². The summed E-state index contributed by atoms with van der Waals surface area (Å²) in [6.45, 7) is 7.71. The Bertz CT molecular complexity index is 685. The van der Waals surface area contributed by atoms with Crippen LogP contribution in [0.5, 0.6) is 0 Å². The van der Waals surface area contributed by atoms with Crippen molar-refractivity contribution in [1.29, 1.82) is 0 Å². The molecule has 1 saturated heterocycles. The molecule has 1 aliphatic rings. The van der Waals surface area contributed by atoms with Gasteiger partial charge in [0, 0.05) is 47.0 Å². The number of benzene rings is 1. The molecule has 128 valence electrons. The van der Waals surface area contributed by atoms with E-state index in [4.69, 9.17) is 0 Å². The Balaban J connectivity index is 2.40. The van der Waals surface area contributed by atoms with Crippen molar-refractivity contribution < 1.29 is 13.2 Å². The van der Waals surface area contributed by atoms with Crippen LogP contribution >= 0.6 is 0 Å². The van der Waals surface area contributed by atoms with Gasteiger partial charge in [-0.05, 0) is 19.2 Å². The van der Waals surface area contributed by atoms with Crippen LogP contribution in [0.3, 0.4) is 0 Å². The SMILES string of the molecule is CN1CCN(S(=O)(=O)c2ccccc2C=[N+]([O-])C(C)(C)C)CC1. The van der Waals surface area contributed by atoms with E-state index in [9.17, 15) is 13.6 Å². The number of hydrogen-bond donors (Lipinski definition) is 0. The summed E-state index contributed by atoms with van der Waals surface area (Å²) < 4.78 is 28.1. The summed E-state index contributed by atoms with van der Waals surface area (Å²) in [6.07, 6.45) is 1.36. The normalized spacial score (nSPS) is 19.0. The number of sulfonamides is 1. The molecule has 0 radical (unpaired) electrons. The maximum absolute atomic E-state index is 12.9. The molecule has 0 saturated carbocycles. The summed E-state index contributed by atoms with van der Waals surface area (Å²) >= 11 is 0. The van der Waals surface area contributed by atoms with Crippen molar-refractivity contribution in [1.82, 2.24) is 9.21 Å². The standard InChI is InChI=1S/C16H25N3O3S/c1-16(2,3)19(20)13-14-7-5-6-8-15(14)23(21,22)18-11-9-17(4)10-12-18/h5-8,13H,9-12H2,1-4H3. The molecular formula is C16H25N3O3S. The molecule has 7 heteroatoms. The highest BCUT2D eigenvalue weighted by molar-refractivity contribution is 7.89. The predicted octanol–water partition coefficient (Wildman–Crippen LogP) is 1.35. The zero-order chi connectivity index (χ0) is 17.3. The van der Waals surface area contributed by atoms with Gasteiger partial charge in [0.05, 0.1) is 10.5 Å². The van der Waals surface area contributed by atoms with Crippen molar-refractivity contribution in [2.24, 2.45) is 0 Å². The Kier molecular flexibility index (Phi) is 5.13. The van der Waals surface area contributed by atoms with Gasteiger partial charge in [0.2, 0.25) is 10.0 Å². The smallest absolute Gasteiger partial charge is 0.243 e. The highest BCUT2D eigenvalue weighted by Gasteiger charge is 2.30. The molecule has 0 N–H and O–H groups in total. The maximum Gasteiger partial charge on any atom is 0.243 e. The Morgan fingerprint density at radius 3 is 2.26 bits per heavy atom. The highest BCUT2D eigenvalue weighted by atomic mass is 32.2. The molecule has 1 fully saturated rings. The van der Waals surface area contributed by atoms with E-state index in [1.807, 2.05) is 7.05 Å². The van der Waals surface area contributed by atoms with Crippen molar-refractivity contribution in [3.63, 3.8) is 0 Å². The second-order valence-corrected chi connectivity index (χ2v) is 8.78. The molecule has 1 aromatic carbocycles. The number of rotatable bonds is 3. The molecule has 0 aromatic heterocycles. The minimum atomic E-state index is -3.60. The largest absolute Gasteiger partial charge is 0.623 e. The van der Waals surface area contributed by atoms with E-state index in [-0.39, 0.29) is 4.90 Å². The van der Waals surface area contributed by atoms with Gasteiger partial charge in [0.1, 0.15) is 0 Å². The average Bonchev–Trinajstić information content (AvgIpc) is 2.47. The summed E-state index contributed by atoms with van der Waals surface area (Å²) in [4.78, 5) is 2.29. The van der Waals surface area contributed by atoms with Crippen LogP contribution in [0.1, 0.15) is 26.3 Å². The van der Waals surface area contributed by atoms with Crippen LogP contribution in [0, 0.1) is 5.21 Å². The quantitative estimate of drug-likeness (QED) is 0.361. The minimum absolute atomic E-state index is 0.189. The van der Waals surface area contributed by atoms with Gasteiger partial charge in [-0.2, -0.15) is 4.31 Å². The third-order valence-corrected chi connectivity index (χ3v) is 5.89. The van der Waals surface area contributed by atoms with Crippen LogP contribution < -0.4 is 0 Å². The second-order valence-electron chi connectivity index (χ2n) is 6.87. The molecule has 0 unspecified atom stereocenters. The number of piperazine rings is 1. The summed E-state index contributed by atoms with van der Waals surface area (Å²) in [5.74, 6) is 0. The lowest BCUT2D eigenvalue weighted by Gasteiger charge is -2.31. The fourth-order valence-corrected chi connectivity index (χ4v) is 3.90.